The molecular weight excluding hydrogens is 398 g/mol. The molecule has 0 bridgehead atoms. The van der Waals surface area contributed by atoms with E-state index >= 15 is 0 Å². The number of carbonyl (C=O) groups excluding carboxylic acids is 1. The first-order valence-electron chi connectivity index (χ1n) is 10.9. The SMILES string of the molecule is Cn1ccc(S(=O)(=O)N2CCC(C(=O)NCC3(c4ccccc4)CCCC3)CC2)c1. The maximum Gasteiger partial charge on any atom is 0.244 e. The van der Waals surface area contributed by atoms with Crippen molar-refractivity contribution in [2.75, 3.05) is 19.6 Å². The van der Waals surface area contributed by atoms with E-state index in [0.717, 1.165) is 12.8 Å². The Hall–Kier alpha value is -2.12. The number of sulfonamides is 1. The zero-order valence-corrected chi connectivity index (χ0v) is 18.4. The first kappa shape index (κ1) is 21.1. The summed E-state index contributed by atoms with van der Waals surface area (Å²) in [6.45, 7) is 1.44. The summed E-state index contributed by atoms with van der Waals surface area (Å²) in [6, 6.07) is 12.1. The van der Waals surface area contributed by atoms with Crippen molar-refractivity contribution in [2.45, 2.75) is 48.8 Å². The zero-order valence-electron chi connectivity index (χ0n) is 17.6. The molecular formula is C23H31N3O3S. The highest BCUT2D eigenvalue weighted by Gasteiger charge is 2.37. The fourth-order valence-corrected chi connectivity index (χ4v) is 6.47. The van der Waals surface area contributed by atoms with E-state index in [2.05, 4.69) is 29.6 Å². The highest BCUT2D eigenvalue weighted by Crippen LogP contribution is 2.40. The van der Waals surface area contributed by atoms with Gasteiger partial charge in [0.15, 0.2) is 0 Å². The van der Waals surface area contributed by atoms with Gasteiger partial charge in [0.2, 0.25) is 15.9 Å². The van der Waals surface area contributed by atoms with Crippen LogP contribution >= 0.6 is 0 Å². The molecule has 1 saturated heterocycles. The Bertz CT molecular complexity index is 970. The van der Waals surface area contributed by atoms with Crippen molar-refractivity contribution in [3.63, 3.8) is 0 Å². The van der Waals surface area contributed by atoms with Gasteiger partial charge in [0, 0.05) is 50.4 Å². The Morgan fingerprint density at radius 3 is 2.37 bits per heavy atom. The number of nitrogens with zero attached hydrogens (tertiary/aromatic N) is 2. The number of carbonyl (C=O) groups is 1. The molecule has 1 N–H and O–H groups in total. The molecule has 1 amide bonds. The van der Waals surface area contributed by atoms with Crippen LogP contribution in [0.4, 0.5) is 0 Å². The molecule has 0 atom stereocenters. The van der Waals surface area contributed by atoms with E-state index < -0.39 is 10.0 Å². The molecule has 0 unspecified atom stereocenters. The van der Waals surface area contributed by atoms with Crippen LogP contribution in [0, 0.1) is 5.92 Å². The summed E-state index contributed by atoms with van der Waals surface area (Å²) < 4.78 is 28.8. The van der Waals surface area contributed by atoms with E-state index in [0.29, 0.717) is 37.4 Å². The standard InChI is InChI=1S/C23H31N3O3S/c1-25-14-11-21(17-25)30(28,29)26-15-9-19(10-16-26)22(27)24-18-23(12-5-6-13-23)20-7-3-2-4-8-20/h2-4,7-8,11,14,17,19H,5-6,9-10,12-13,15-16,18H2,1H3,(H,24,27). The van der Waals surface area contributed by atoms with Crippen LogP contribution < -0.4 is 5.32 Å². The molecule has 2 heterocycles. The van der Waals surface area contributed by atoms with Gasteiger partial charge in [-0.2, -0.15) is 4.31 Å². The van der Waals surface area contributed by atoms with Crippen LogP contribution in [0.5, 0.6) is 0 Å². The molecule has 0 spiro atoms. The second-order valence-corrected chi connectivity index (χ2v) is 10.7. The van der Waals surface area contributed by atoms with Gasteiger partial charge in [0.25, 0.3) is 0 Å². The molecule has 1 saturated carbocycles. The number of nitrogens with one attached hydrogen (secondary N) is 1. The second-order valence-electron chi connectivity index (χ2n) is 8.76. The Morgan fingerprint density at radius 2 is 1.77 bits per heavy atom. The minimum Gasteiger partial charge on any atom is -0.356 e. The first-order valence-corrected chi connectivity index (χ1v) is 12.3. The molecule has 4 rings (SSSR count). The third-order valence-electron chi connectivity index (χ3n) is 6.82. The Kier molecular flexibility index (Phi) is 6.02. The van der Waals surface area contributed by atoms with Crippen LogP contribution in [0.2, 0.25) is 0 Å². The third-order valence-corrected chi connectivity index (χ3v) is 8.70. The summed E-state index contributed by atoms with van der Waals surface area (Å²) in [5.74, 6) is -0.0598. The summed E-state index contributed by atoms with van der Waals surface area (Å²) in [6.07, 6.45) is 9.08. The van der Waals surface area contributed by atoms with Crippen LogP contribution in [0.3, 0.4) is 0 Å². The summed E-state index contributed by atoms with van der Waals surface area (Å²) in [4.78, 5) is 13.2. The summed E-state index contributed by atoms with van der Waals surface area (Å²) in [5.41, 5.74) is 1.35. The average molecular weight is 430 g/mol. The lowest BCUT2D eigenvalue weighted by molar-refractivity contribution is -0.126. The van der Waals surface area contributed by atoms with Gasteiger partial charge in [-0.15, -0.1) is 0 Å². The van der Waals surface area contributed by atoms with Gasteiger partial charge in [-0.1, -0.05) is 43.2 Å². The van der Waals surface area contributed by atoms with E-state index in [1.165, 1.54) is 22.7 Å². The quantitative estimate of drug-likeness (QED) is 0.767. The van der Waals surface area contributed by atoms with Gasteiger partial charge in [-0.05, 0) is 37.3 Å². The maximum absolute atomic E-state index is 12.9. The van der Waals surface area contributed by atoms with Crippen molar-refractivity contribution < 1.29 is 13.2 Å². The van der Waals surface area contributed by atoms with Gasteiger partial charge in [-0.25, -0.2) is 8.42 Å². The molecule has 1 aromatic heterocycles. The number of hydrogen-bond acceptors (Lipinski definition) is 3. The summed E-state index contributed by atoms with van der Waals surface area (Å²) >= 11 is 0. The van der Waals surface area contributed by atoms with Crippen LogP contribution in [-0.4, -0.2) is 42.8 Å². The van der Waals surface area contributed by atoms with Gasteiger partial charge >= 0.3 is 0 Å². The van der Waals surface area contributed by atoms with Crippen molar-refractivity contribution in [1.29, 1.82) is 0 Å². The molecule has 1 aromatic carbocycles. The first-order chi connectivity index (χ1) is 14.4. The van der Waals surface area contributed by atoms with E-state index in [1.807, 2.05) is 13.1 Å². The number of aromatic nitrogens is 1. The van der Waals surface area contributed by atoms with Crippen molar-refractivity contribution in [1.82, 2.24) is 14.2 Å². The van der Waals surface area contributed by atoms with Crippen molar-refractivity contribution in [3.8, 4) is 0 Å². The van der Waals surface area contributed by atoms with Crippen molar-refractivity contribution in [2.24, 2.45) is 13.0 Å². The number of rotatable bonds is 6. The Labute approximate surface area is 179 Å². The Morgan fingerprint density at radius 1 is 1.10 bits per heavy atom. The van der Waals surface area contributed by atoms with Crippen molar-refractivity contribution in [3.05, 3.63) is 54.4 Å². The molecule has 7 heteroatoms. The van der Waals surface area contributed by atoms with Crippen molar-refractivity contribution >= 4 is 15.9 Å². The lowest BCUT2D eigenvalue weighted by Gasteiger charge is -2.33. The molecule has 162 valence electrons. The highest BCUT2D eigenvalue weighted by atomic mass is 32.2. The Balaban J connectivity index is 1.34. The number of piperidine rings is 1. The molecule has 1 aliphatic heterocycles. The zero-order chi connectivity index (χ0) is 21.2. The molecule has 0 radical (unpaired) electrons. The molecule has 6 nitrogen and oxygen atoms in total. The van der Waals surface area contributed by atoms with Crippen LogP contribution in [0.15, 0.2) is 53.7 Å². The fraction of sp³-hybridized carbons (Fsp3) is 0.522. The molecule has 2 aromatic rings. The monoisotopic (exact) mass is 429 g/mol. The minimum absolute atomic E-state index is 0.0360. The van der Waals surface area contributed by atoms with Gasteiger partial charge in [-0.3, -0.25) is 4.79 Å². The third kappa shape index (κ3) is 4.18. The predicted octanol–water partition coefficient (Wildman–Crippen LogP) is 3.05. The smallest absolute Gasteiger partial charge is 0.244 e. The molecule has 1 aliphatic carbocycles. The molecule has 2 fully saturated rings. The largest absolute Gasteiger partial charge is 0.356 e. The van der Waals surface area contributed by atoms with Crippen LogP contribution in [0.25, 0.3) is 0 Å². The number of benzene rings is 1. The van der Waals surface area contributed by atoms with Gasteiger partial charge in [0.05, 0.1) is 4.90 Å². The minimum atomic E-state index is -3.48. The summed E-state index contributed by atoms with van der Waals surface area (Å²) in [7, 11) is -1.67. The van der Waals surface area contributed by atoms with E-state index in [4.69, 9.17) is 0 Å². The topological polar surface area (TPSA) is 71.4 Å². The van der Waals surface area contributed by atoms with E-state index in [9.17, 15) is 13.2 Å². The second kappa shape index (κ2) is 8.55. The lowest BCUT2D eigenvalue weighted by Crippen LogP contribution is -2.45. The molecule has 2 aliphatic rings. The van der Waals surface area contributed by atoms with Crippen LogP contribution in [-0.2, 0) is 27.3 Å². The van der Waals surface area contributed by atoms with Crippen LogP contribution in [0.1, 0.15) is 44.1 Å². The number of amides is 1. The highest BCUT2D eigenvalue weighted by molar-refractivity contribution is 7.89. The number of aryl methyl sites for hydroxylation is 1. The lowest BCUT2D eigenvalue weighted by atomic mass is 9.78. The average Bonchev–Trinajstić information content (AvgIpc) is 3.43. The maximum atomic E-state index is 12.9. The number of hydrogen-bond donors (Lipinski definition) is 1. The van der Waals surface area contributed by atoms with Gasteiger partial charge in [0.1, 0.15) is 0 Å². The van der Waals surface area contributed by atoms with Gasteiger partial charge < -0.3 is 9.88 Å². The normalized spacial score (nSPS) is 20.3. The van der Waals surface area contributed by atoms with E-state index in [-0.39, 0.29) is 17.2 Å². The fourth-order valence-electron chi connectivity index (χ4n) is 4.95. The molecule has 30 heavy (non-hydrogen) atoms. The summed E-state index contributed by atoms with van der Waals surface area (Å²) in [5, 5.41) is 3.21. The van der Waals surface area contributed by atoms with E-state index in [1.54, 1.807) is 23.0 Å². The predicted molar refractivity (Wildman–Crippen MR) is 116 cm³/mol.